The first-order valence-electron chi connectivity index (χ1n) is 6.01. The van der Waals surface area contributed by atoms with Crippen LogP contribution in [0.1, 0.15) is 31.5 Å². The van der Waals surface area contributed by atoms with Crippen LogP contribution in [0.25, 0.3) is 0 Å². The summed E-state index contributed by atoms with van der Waals surface area (Å²) in [5, 5.41) is 6.27. The van der Waals surface area contributed by atoms with Crippen molar-refractivity contribution in [2.45, 2.75) is 40.3 Å². The molecule has 0 saturated carbocycles. The van der Waals surface area contributed by atoms with Gasteiger partial charge in [-0.25, -0.2) is 4.98 Å². The Bertz CT molecular complexity index is 360. The van der Waals surface area contributed by atoms with Crippen molar-refractivity contribution in [1.82, 2.24) is 15.2 Å². The fraction of sp³-hybridized carbons (Fsp3) is 0.667. The van der Waals surface area contributed by atoms with E-state index in [2.05, 4.69) is 10.3 Å². The molecule has 0 aromatic carbocycles. The molecule has 0 fully saturated rings. The van der Waals surface area contributed by atoms with E-state index >= 15 is 0 Å². The first kappa shape index (κ1) is 14.1. The van der Waals surface area contributed by atoms with Gasteiger partial charge in [0.1, 0.15) is 5.01 Å². The molecule has 1 heterocycles. The Hall–Kier alpha value is -0.940. The van der Waals surface area contributed by atoms with Crippen LogP contribution in [0.5, 0.6) is 0 Å². The number of nitrogens with zero attached hydrogens (tertiary/aromatic N) is 2. The van der Waals surface area contributed by atoms with Gasteiger partial charge in [-0.1, -0.05) is 0 Å². The summed E-state index contributed by atoms with van der Waals surface area (Å²) in [5.74, 6) is 0.156. The van der Waals surface area contributed by atoms with Gasteiger partial charge in [0, 0.05) is 30.7 Å². The van der Waals surface area contributed by atoms with Crippen molar-refractivity contribution in [2.75, 3.05) is 13.1 Å². The average Bonchev–Trinajstić information content (AvgIpc) is 2.73. The summed E-state index contributed by atoms with van der Waals surface area (Å²) in [6.45, 7) is 10.1. The molecule has 1 aromatic rings. The van der Waals surface area contributed by atoms with E-state index in [0.717, 1.165) is 23.8 Å². The van der Waals surface area contributed by atoms with E-state index in [-0.39, 0.29) is 11.9 Å². The van der Waals surface area contributed by atoms with Crippen molar-refractivity contribution >= 4 is 17.2 Å². The van der Waals surface area contributed by atoms with E-state index in [1.807, 2.05) is 38.0 Å². The van der Waals surface area contributed by atoms with E-state index in [1.54, 1.807) is 11.3 Å². The summed E-state index contributed by atoms with van der Waals surface area (Å²) in [6.07, 6.45) is 0. The summed E-state index contributed by atoms with van der Waals surface area (Å²) in [5.41, 5.74) is 1.04. The van der Waals surface area contributed by atoms with Crippen molar-refractivity contribution in [3.63, 3.8) is 0 Å². The van der Waals surface area contributed by atoms with Gasteiger partial charge >= 0.3 is 0 Å². The Kier molecular flexibility index (Phi) is 5.58. The largest absolute Gasteiger partial charge is 0.342 e. The number of amides is 1. The average molecular weight is 255 g/mol. The van der Waals surface area contributed by atoms with Crippen molar-refractivity contribution in [3.8, 4) is 0 Å². The number of hydrogen-bond acceptors (Lipinski definition) is 4. The fourth-order valence-corrected chi connectivity index (χ4v) is 2.34. The molecule has 0 bridgehead atoms. The van der Waals surface area contributed by atoms with Gasteiger partial charge in [0.2, 0.25) is 5.91 Å². The highest BCUT2D eigenvalue weighted by Crippen LogP contribution is 2.08. The zero-order valence-electron chi connectivity index (χ0n) is 11.0. The third kappa shape index (κ3) is 4.09. The van der Waals surface area contributed by atoms with Gasteiger partial charge in [-0.2, -0.15) is 0 Å². The van der Waals surface area contributed by atoms with Crippen LogP contribution in [0.3, 0.4) is 0 Å². The molecule has 0 aliphatic heterocycles. The van der Waals surface area contributed by atoms with Crippen LogP contribution in [0.4, 0.5) is 0 Å². The van der Waals surface area contributed by atoms with Crippen LogP contribution < -0.4 is 5.32 Å². The summed E-state index contributed by atoms with van der Waals surface area (Å²) in [4.78, 5) is 18.2. The molecule has 1 unspecified atom stereocenters. The molecule has 5 heteroatoms. The molecule has 1 N–H and O–H groups in total. The van der Waals surface area contributed by atoms with E-state index in [4.69, 9.17) is 0 Å². The molecule has 0 saturated heterocycles. The molecule has 1 aromatic heterocycles. The maximum atomic E-state index is 12.0. The topological polar surface area (TPSA) is 45.2 Å². The molecule has 1 atom stereocenters. The lowest BCUT2D eigenvalue weighted by atomic mass is 10.3. The maximum Gasteiger partial charge on any atom is 0.239 e. The summed E-state index contributed by atoms with van der Waals surface area (Å²) < 4.78 is 0. The van der Waals surface area contributed by atoms with Crippen LogP contribution in [0.15, 0.2) is 5.38 Å². The zero-order chi connectivity index (χ0) is 12.8. The van der Waals surface area contributed by atoms with E-state index in [0.29, 0.717) is 6.54 Å². The highest BCUT2D eigenvalue weighted by molar-refractivity contribution is 7.09. The third-order valence-corrected chi connectivity index (χ3v) is 3.64. The number of carbonyl (C=O) groups is 1. The Morgan fingerprint density at radius 2 is 2.18 bits per heavy atom. The minimum absolute atomic E-state index is 0.154. The number of aromatic nitrogens is 1. The zero-order valence-corrected chi connectivity index (χ0v) is 11.8. The molecule has 96 valence electrons. The first-order chi connectivity index (χ1) is 8.08. The van der Waals surface area contributed by atoms with Crippen LogP contribution >= 0.6 is 11.3 Å². The molecule has 0 spiro atoms. The number of aryl methyl sites for hydroxylation is 1. The lowest BCUT2D eigenvalue weighted by molar-refractivity contribution is -0.132. The highest BCUT2D eigenvalue weighted by atomic mass is 32.1. The maximum absolute atomic E-state index is 12.0. The third-order valence-electron chi connectivity index (χ3n) is 2.67. The lowest BCUT2D eigenvalue weighted by Crippen LogP contribution is -2.44. The second-order valence-electron chi connectivity index (χ2n) is 4.00. The normalized spacial score (nSPS) is 12.5. The molecular formula is C12H21N3OS. The number of hydrogen-bond donors (Lipinski definition) is 1. The number of thiazole rings is 1. The quantitative estimate of drug-likeness (QED) is 0.843. The summed E-state index contributed by atoms with van der Waals surface area (Å²) in [6, 6.07) is -0.154. The molecule has 4 nitrogen and oxygen atoms in total. The second-order valence-corrected chi connectivity index (χ2v) is 4.94. The van der Waals surface area contributed by atoms with Crippen LogP contribution in [0.2, 0.25) is 0 Å². The van der Waals surface area contributed by atoms with Crippen LogP contribution in [-0.4, -0.2) is 34.9 Å². The van der Waals surface area contributed by atoms with Gasteiger partial charge in [0.05, 0.1) is 6.04 Å². The van der Waals surface area contributed by atoms with Crippen molar-refractivity contribution in [3.05, 3.63) is 16.1 Å². The minimum Gasteiger partial charge on any atom is -0.342 e. The Balaban J connectivity index is 2.43. The highest BCUT2D eigenvalue weighted by Gasteiger charge is 2.17. The molecule has 0 radical (unpaired) electrons. The Morgan fingerprint density at radius 1 is 1.53 bits per heavy atom. The predicted molar refractivity (Wildman–Crippen MR) is 71.1 cm³/mol. The molecule has 0 aliphatic rings. The Labute approximate surface area is 107 Å². The van der Waals surface area contributed by atoms with Crippen LogP contribution in [-0.2, 0) is 11.3 Å². The smallest absolute Gasteiger partial charge is 0.239 e. The van der Waals surface area contributed by atoms with Crippen molar-refractivity contribution in [1.29, 1.82) is 0 Å². The van der Waals surface area contributed by atoms with Gasteiger partial charge < -0.3 is 4.90 Å². The SMILES string of the molecule is CCN(CC)C(=O)C(C)NCc1nc(C)cs1. The van der Waals surface area contributed by atoms with E-state index in [1.165, 1.54) is 0 Å². The van der Waals surface area contributed by atoms with Gasteiger partial charge in [0.25, 0.3) is 0 Å². The van der Waals surface area contributed by atoms with E-state index < -0.39 is 0 Å². The number of likely N-dealkylation sites (N-methyl/N-ethyl adjacent to an activating group) is 1. The standard InChI is InChI=1S/C12H21N3OS/c1-5-15(6-2)12(16)10(4)13-7-11-14-9(3)8-17-11/h8,10,13H,5-7H2,1-4H3. The fourth-order valence-electron chi connectivity index (χ4n) is 1.62. The second kappa shape index (κ2) is 6.71. The van der Waals surface area contributed by atoms with Gasteiger partial charge in [-0.15, -0.1) is 11.3 Å². The monoisotopic (exact) mass is 255 g/mol. The minimum atomic E-state index is -0.154. The van der Waals surface area contributed by atoms with Crippen LogP contribution in [0, 0.1) is 6.92 Å². The number of rotatable bonds is 6. The molecule has 17 heavy (non-hydrogen) atoms. The number of carbonyl (C=O) groups excluding carboxylic acids is 1. The van der Waals surface area contributed by atoms with Gasteiger partial charge in [-0.3, -0.25) is 10.1 Å². The predicted octanol–water partition coefficient (Wildman–Crippen LogP) is 1.80. The molecule has 0 aliphatic carbocycles. The number of nitrogens with one attached hydrogen (secondary N) is 1. The Morgan fingerprint density at radius 3 is 2.65 bits per heavy atom. The molecular weight excluding hydrogens is 234 g/mol. The van der Waals surface area contributed by atoms with Crippen molar-refractivity contribution < 1.29 is 4.79 Å². The molecule has 1 rings (SSSR count). The van der Waals surface area contributed by atoms with Crippen molar-refractivity contribution in [2.24, 2.45) is 0 Å². The summed E-state index contributed by atoms with van der Waals surface area (Å²) >= 11 is 1.62. The molecule has 1 amide bonds. The first-order valence-corrected chi connectivity index (χ1v) is 6.89. The van der Waals surface area contributed by atoms with Gasteiger partial charge in [-0.05, 0) is 27.7 Å². The van der Waals surface area contributed by atoms with Gasteiger partial charge in [0.15, 0.2) is 0 Å². The lowest BCUT2D eigenvalue weighted by Gasteiger charge is -2.23. The van der Waals surface area contributed by atoms with E-state index in [9.17, 15) is 4.79 Å². The summed E-state index contributed by atoms with van der Waals surface area (Å²) in [7, 11) is 0.